The van der Waals surface area contributed by atoms with Gasteiger partial charge >= 0.3 is 0 Å². The minimum atomic E-state index is -0.274. The molecule has 1 heterocycles. The van der Waals surface area contributed by atoms with E-state index in [-0.39, 0.29) is 18.0 Å². The van der Waals surface area contributed by atoms with Crippen molar-refractivity contribution in [2.75, 3.05) is 14.2 Å². The zero-order valence-corrected chi connectivity index (χ0v) is 14.0. The Hall–Kier alpha value is -3.28. The van der Waals surface area contributed by atoms with Gasteiger partial charge in [-0.05, 0) is 42.5 Å². The zero-order chi connectivity index (χ0) is 17.8. The molecule has 128 valence electrons. The van der Waals surface area contributed by atoms with Gasteiger partial charge in [0.15, 0.2) is 0 Å². The van der Waals surface area contributed by atoms with Crippen LogP contribution in [0.4, 0.5) is 0 Å². The molecule has 0 bridgehead atoms. The second kappa shape index (κ2) is 7.09. The van der Waals surface area contributed by atoms with Gasteiger partial charge in [-0.1, -0.05) is 6.07 Å². The van der Waals surface area contributed by atoms with Crippen LogP contribution in [0.5, 0.6) is 11.5 Å². The molecule has 0 saturated heterocycles. The summed E-state index contributed by atoms with van der Waals surface area (Å²) in [5.74, 6) is 1.03. The Morgan fingerprint density at radius 3 is 2.56 bits per heavy atom. The molecule has 3 aromatic rings. The van der Waals surface area contributed by atoms with E-state index in [0.717, 1.165) is 5.39 Å². The molecule has 0 aliphatic carbocycles. The molecule has 0 fully saturated rings. The maximum absolute atomic E-state index is 12.3. The SMILES string of the molecule is COc1cccc(C(=O)NCc2cc3cc(OC)ccc3[nH]c2=O)c1. The molecule has 0 atom stereocenters. The zero-order valence-electron chi connectivity index (χ0n) is 14.0. The molecule has 2 N–H and O–H groups in total. The van der Waals surface area contributed by atoms with E-state index in [1.54, 1.807) is 56.7 Å². The van der Waals surface area contributed by atoms with Gasteiger partial charge in [-0.2, -0.15) is 0 Å². The van der Waals surface area contributed by atoms with Crippen LogP contribution in [0, 0.1) is 0 Å². The van der Waals surface area contributed by atoms with E-state index in [1.165, 1.54) is 0 Å². The van der Waals surface area contributed by atoms with Crippen molar-refractivity contribution in [3.05, 3.63) is 70.0 Å². The molecule has 6 heteroatoms. The summed E-state index contributed by atoms with van der Waals surface area (Å²) in [6.45, 7) is 0.124. The van der Waals surface area contributed by atoms with Crippen molar-refractivity contribution in [3.63, 3.8) is 0 Å². The van der Waals surface area contributed by atoms with Crippen molar-refractivity contribution in [1.82, 2.24) is 10.3 Å². The van der Waals surface area contributed by atoms with E-state index in [9.17, 15) is 9.59 Å². The number of carbonyl (C=O) groups excluding carboxylic acids is 1. The number of benzene rings is 2. The predicted molar refractivity (Wildman–Crippen MR) is 95.3 cm³/mol. The monoisotopic (exact) mass is 338 g/mol. The van der Waals surface area contributed by atoms with Crippen molar-refractivity contribution in [1.29, 1.82) is 0 Å². The van der Waals surface area contributed by atoms with Crippen molar-refractivity contribution in [2.45, 2.75) is 6.54 Å². The van der Waals surface area contributed by atoms with Gasteiger partial charge in [-0.3, -0.25) is 9.59 Å². The lowest BCUT2D eigenvalue weighted by Crippen LogP contribution is -2.26. The van der Waals surface area contributed by atoms with E-state index in [2.05, 4.69) is 10.3 Å². The number of fused-ring (bicyclic) bond motifs is 1. The lowest BCUT2D eigenvalue weighted by molar-refractivity contribution is 0.0950. The molecule has 0 spiro atoms. The number of carbonyl (C=O) groups is 1. The van der Waals surface area contributed by atoms with Crippen LogP contribution >= 0.6 is 0 Å². The fraction of sp³-hybridized carbons (Fsp3) is 0.158. The molecular weight excluding hydrogens is 320 g/mol. The molecule has 1 amide bonds. The first-order chi connectivity index (χ1) is 12.1. The third-order valence-electron chi connectivity index (χ3n) is 3.90. The Balaban J connectivity index is 1.81. The minimum Gasteiger partial charge on any atom is -0.497 e. The van der Waals surface area contributed by atoms with Gasteiger partial charge in [0, 0.05) is 28.6 Å². The highest BCUT2D eigenvalue weighted by atomic mass is 16.5. The summed E-state index contributed by atoms with van der Waals surface area (Å²) in [4.78, 5) is 27.3. The number of rotatable bonds is 5. The Kier molecular flexibility index (Phi) is 4.70. The highest BCUT2D eigenvalue weighted by Crippen LogP contribution is 2.19. The lowest BCUT2D eigenvalue weighted by Gasteiger charge is -2.08. The molecule has 0 aliphatic heterocycles. The van der Waals surface area contributed by atoms with Crippen molar-refractivity contribution >= 4 is 16.8 Å². The van der Waals surface area contributed by atoms with Gasteiger partial charge in [-0.15, -0.1) is 0 Å². The smallest absolute Gasteiger partial charge is 0.253 e. The van der Waals surface area contributed by atoms with Crippen LogP contribution in [0.1, 0.15) is 15.9 Å². The third kappa shape index (κ3) is 3.63. The van der Waals surface area contributed by atoms with Gasteiger partial charge in [0.1, 0.15) is 11.5 Å². The summed E-state index contributed by atoms with van der Waals surface area (Å²) in [7, 11) is 3.13. The number of pyridine rings is 1. The molecule has 0 unspecified atom stereocenters. The number of nitrogens with one attached hydrogen (secondary N) is 2. The van der Waals surface area contributed by atoms with E-state index in [4.69, 9.17) is 9.47 Å². The summed E-state index contributed by atoms with van der Waals surface area (Å²) in [6.07, 6.45) is 0. The van der Waals surface area contributed by atoms with Crippen molar-refractivity contribution in [2.24, 2.45) is 0 Å². The fourth-order valence-corrected chi connectivity index (χ4v) is 2.53. The van der Waals surface area contributed by atoms with Crippen LogP contribution in [0.25, 0.3) is 10.9 Å². The van der Waals surface area contributed by atoms with Crippen LogP contribution in [-0.2, 0) is 6.54 Å². The average molecular weight is 338 g/mol. The maximum atomic E-state index is 12.3. The Labute approximate surface area is 144 Å². The highest BCUT2D eigenvalue weighted by Gasteiger charge is 2.09. The minimum absolute atomic E-state index is 0.124. The third-order valence-corrected chi connectivity index (χ3v) is 3.90. The largest absolute Gasteiger partial charge is 0.497 e. The first kappa shape index (κ1) is 16.6. The number of aromatic nitrogens is 1. The number of hydrogen-bond acceptors (Lipinski definition) is 4. The van der Waals surface area contributed by atoms with E-state index in [0.29, 0.717) is 28.1 Å². The van der Waals surface area contributed by atoms with Gasteiger partial charge < -0.3 is 19.8 Å². The van der Waals surface area contributed by atoms with Crippen LogP contribution in [0.2, 0.25) is 0 Å². The molecule has 0 radical (unpaired) electrons. The second-order valence-electron chi connectivity index (χ2n) is 5.49. The van der Waals surface area contributed by atoms with Gasteiger partial charge in [0.25, 0.3) is 11.5 Å². The summed E-state index contributed by atoms with van der Waals surface area (Å²) >= 11 is 0. The molecule has 2 aromatic carbocycles. The number of hydrogen-bond donors (Lipinski definition) is 2. The number of amides is 1. The lowest BCUT2D eigenvalue weighted by atomic mass is 10.1. The Morgan fingerprint density at radius 1 is 1.04 bits per heavy atom. The van der Waals surface area contributed by atoms with Gasteiger partial charge in [-0.25, -0.2) is 0 Å². The van der Waals surface area contributed by atoms with E-state index in [1.807, 2.05) is 6.07 Å². The number of H-pyrrole nitrogens is 1. The summed E-state index contributed by atoms with van der Waals surface area (Å²) < 4.78 is 10.3. The second-order valence-corrected chi connectivity index (χ2v) is 5.49. The number of ether oxygens (including phenoxy) is 2. The predicted octanol–water partition coefficient (Wildman–Crippen LogP) is 2.48. The first-order valence-corrected chi connectivity index (χ1v) is 7.73. The van der Waals surface area contributed by atoms with E-state index < -0.39 is 0 Å². The van der Waals surface area contributed by atoms with Crippen LogP contribution in [0.15, 0.2) is 53.3 Å². The fourth-order valence-electron chi connectivity index (χ4n) is 2.53. The number of methoxy groups -OCH3 is 2. The molecule has 25 heavy (non-hydrogen) atoms. The van der Waals surface area contributed by atoms with Crippen LogP contribution < -0.4 is 20.3 Å². The van der Waals surface area contributed by atoms with Crippen LogP contribution in [-0.4, -0.2) is 25.1 Å². The molecule has 1 aromatic heterocycles. The summed E-state index contributed by atoms with van der Waals surface area (Å²) in [5, 5.41) is 3.59. The molecule has 0 aliphatic rings. The Morgan fingerprint density at radius 2 is 1.80 bits per heavy atom. The molecule has 3 rings (SSSR count). The standard InChI is InChI=1S/C19H18N2O4/c1-24-15-5-3-4-12(9-15)18(22)20-11-14-8-13-10-16(25-2)6-7-17(13)21-19(14)23/h3-10H,11H2,1-2H3,(H,20,22)(H,21,23). The molecular formula is C19H18N2O4. The van der Waals surface area contributed by atoms with Gasteiger partial charge in [0.2, 0.25) is 0 Å². The first-order valence-electron chi connectivity index (χ1n) is 7.73. The highest BCUT2D eigenvalue weighted by molar-refractivity contribution is 5.94. The maximum Gasteiger partial charge on any atom is 0.253 e. The number of aromatic amines is 1. The Bertz CT molecular complexity index is 979. The average Bonchev–Trinajstić information content (AvgIpc) is 2.65. The summed E-state index contributed by atoms with van der Waals surface area (Å²) in [6, 6.07) is 14.0. The van der Waals surface area contributed by atoms with Crippen molar-refractivity contribution in [3.8, 4) is 11.5 Å². The molecule has 6 nitrogen and oxygen atoms in total. The van der Waals surface area contributed by atoms with E-state index >= 15 is 0 Å². The quantitative estimate of drug-likeness (QED) is 0.749. The summed E-state index contributed by atoms with van der Waals surface area (Å²) in [5.41, 5.74) is 1.42. The normalized spacial score (nSPS) is 10.5. The topological polar surface area (TPSA) is 80.4 Å². The molecule has 0 saturated carbocycles. The van der Waals surface area contributed by atoms with Crippen LogP contribution in [0.3, 0.4) is 0 Å². The van der Waals surface area contributed by atoms with Gasteiger partial charge in [0.05, 0.1) is 14.2 Å². The van der Waals surface area contributed by atoms with Crippen molar-refractivity contribution < 1.29 is 14.3 Å².